The average molecular weight is 531 g/mol. The molecule has 1 spiro atoms. The SMILES string of the molecule is CCC1(C(=O)N(CC(=O)Nc2ccc3c(c2)C[C@@]2(C3)C(=O)Nc3ncccc32)[C@H]2CCCNC2)CCNCC1. The first-order chi connectivity index (χ1) is 18.9. The normalized spacial score (nSPS) is 25.1. The van der Waals surface area contributed by atoms with E-state index in [1.165, 1.54) is 0 Å². The van der Waals surface area contributed by atoms with Gasteiger partial charge in [-0.2, -0.15) is 0 Å². The second-order valence-electron chi connectivity index (χ2n) is 11.6. The molecule has 2 saturated heterocycles. The van der Waals surface area contributed by atoms with Gasteiger partial charge in [-0.25, -0.2) is 4.98 Å². The van der Waals surface area contributed by atoms with E-state index in [1.54, 1.807) is 6.20 Å². The van der Waals surface area contributed by atoms with Crippen LogP contribution >= 0.6 is 0 Å². The topological polar surface area (TPSA) is 115 Å². The molecule has 1 aromatic heterocycles. The van der Waals surface area contributed by atoms with Crippen LogP contribution in [-0.2, 0) is 32.6 Å². The quantitative estimate of drug-likeness (QED) is 0.456. The molecule has 0 radical (unpaired) electrons. The zero-order valence-corrected chi connectivity index (χ0v) is 22.6. The van der Waals surface area contributed by atoms with Gasteiger partial charge in [0.15, 0.2) is 0 Å². The number of carbonyl (C=O) groups is 3. The first kappa shape index (κ1) is 26.0. The fourth-order valence-corrected chi connectivity index (χ4v) is 7.10. The number of benzene rings is 1. The van der Waals surface area contributed by atoms with Crippen LogP contribution in [0.15, 0.2) is 36.5 Å². The lowest BCUT2D eigenvalue weighted by Gasteiger charge is -2.43. The second kappa shape index (κ2) is 10.4. The van der Waals surface area contributed by atoms with Gasteiger partial charge in [0.2, 0.25) is 17.7 Å². The highest BCUT2D eigenvalue weighted by Gasteiger charge is 2.51. The maximum atomic E-state index is 14.0. The Labute approximate surface area is 229 Å². The summed E-state index contributed by atoms with van der Waals surface area (Å²) in [6, 6.07) is 9.77. The number of pyridine rings is 1. The third kappa shape index (κ3) is 4.61. The Kier molecular flexibility index (Phi) is 6.89. The van der Waals surface area contributed by atoms with Gasteiger partial charge in [-0.1, -0.05) is 19.1 Å². The number of amides is 3. The van der Waals surface area contributed by atoms with Crippen molar-refractivity contribution in [3.8, 4) is 0 Å². The first-order valence-corrected chi connectivity index (χ1v) is 14.4. The molecule has 2 aromatic rings. The van der Waals surface area contributed by atoms with Gasteiger partial charge in [-0.05, 0) is 93.9 Å². The lowest BCUT2D eigenvalue weighted by atomic mass is 9.75. The zero-order chi connectivity index (χ0) is 27.0. The molecule has 0 bridgehead atoms. The van der Waals surface area contributed by atoms with Gasteiger partial charge < -0.3 is 26.2 Å². The molecule has 9 nitrogen and oxygen atoms in total. The Morgan fingerprint density at radius 1 is 1.10 bits per heavy atom. The fraction of sp³-hybridized carbons (Fsp3) is 0.533. The van der Waals surface area contributed by atoms with E-state index in [2.05, 4.69) is 33.2 Å². The van der Waals surface area contributed by atoms with Gasteiger partial charge in [0, 0.05) is 30.0 Å². The number of anilines is 2. The fourth-order valence-electron chi connectivity index (χ4n) is 7.10. The van der Waals surface area contributed by atoms with Crippen molar-refractivity contribution in [3.05, 3.63) is 53.2 Å². The molecule has 3 aliphatic heterocycles. The summed E-state index contributed by atoms with van der Waals surface area (Å²) in [5, 5.41) is 12.8. The number of hydrogen-bond acceptors (Lipinski definition) is 6. The van der Waals surface area contributed by atoms with E-state index in [9.17, 15) is 14.4 Å². The maximum absolute atomic E-state index is 14.0. The summed E-state index contributed by atoms with van der Waals surface area (Å²) in [5.74, 6) is 0.557. The average Bonchev–Trinajstić information content (AvgIpc) is 3.49. The molecule has 9 heteroatoms. The molecule has 3 amide bonds. The molecular formula is C30H38N6O3. The number of rotatable bonds is 6. The number of aromatic nitrogens is 1. The van der Waals surface area contributed by atoms with E-state index in [4.69, 9.17) is 0 Å². The van der Waals surface area contributed by atoms with Gasteiger partial charge in [0.1, 0.15) is 12.4 Å². The van der Waals surface area contributed by atoms with Crippen molar-refractivity contribution in [1.29, 1.82) is 0 Å². The molecule has 1 aromatic carbocycles. The molecule has 0 saturated carbocycles. The van der Waals surface area contributed by atoms with Crippen molar-refractivity contribution < 1.29 is 14.4 Å². The molecule has 206 valence electrons. The summed E-state index contributed by atoms with van der Waals surface area (Å²) in [6.07, 6.45) is 7.18. The minimum Gasteiger partial charge on any atom is -0.329 e. The summed E-state index contributed by atoms with van der Waals surface area (Å²) < 4.78 is 0. The zero-order valence-electron chi connectivity index (χ0n) is 22.6. The first-order valence-electron chi connectivity index (χ1n) is 14.4. The number of piperidine rings is 2. The summed E-state index contributed by atoms with van der Waals surface area (Å²) >= 11 is 0. The van der Waals surface area contributed by atoms with Gasteiger partial charge in [0.05, 0.1) is 10.8 Å². The summed E-state index contributed by atoms with van der Waals surface area (Å²) in [7, 11) is 0. The molecule has 2 atom stereocenters. The van der Waals surface area contributed by atoms with E-state index < -0.39 is 10.8 Å². The highest BCUT2D eigenvalue weighted by molar-refractivity contribution is 6.06. The van der Waals surface area contributed by atoms with Crippen LogP contribution in [0.4, 0.5) is 11.5 Å². The van der Waals surface area contributed by atoms with E-state index >= 15 is 0 Å². The third-order valence-electron chi connectivity index (χ3n) is 9.44. The minimum atomic E-state index is -0.644. The Morgan fingerprint density at radius 3 is 2.69 bits per heavy atom. The smallest absolute Gasteiger partial charge is 0.244 e. The predicted molar refractivity (Wildman–Crippen MR) is 149 cm³/mol. The number of nitrogens with zero attached hydrogens (tertiary/aromatic N) is 2. The summed E-state index contributed by atoms with van der Waals surface area (Å²) in [5.41, 5.74) is 2.76. The molecule has 4 N–H and O–H groups in total. The summed E-state index contributed by atoms with van der Waals surface area (Å²) in [6.45, 7) is 5.47. The van der Waals surface area contributed by atoms with Crippen molar-refractivity contribution in [3.63, 3.8) is 0 Å². The van der Waals surface area contributed by atoms with Crippen LogP contribution in [0.25, 0.3) is 0 Å². The summed E-state index contributed by atoms with van der Waals surface area (Å²) in [4.78, 5) is 46.6. The highest BCUT2D eigenvalue weighted by Crippen LogP contribution is 2.47. The van der Waals surface area contributed by atoms with Crippen LogP contribution in [0.5, 0.6) is 0 Å². The van der Waals surface area contributed by atoms with E-state index in [0.717, 1.165) is 75.0 Å². The number of fused-ring (bicyclic) bond motifs is 3. The van der Waals surface area contributed by atoms with Crippen LogP contribution in [0.2, 0.25) is 0 Å². The van der Waals surface area contributed by atoms with Crippen molar-refractivity contribution in [2.75, 3.05) is 43.4 Å². The lowest BCUT2D eigenvalue weighted by Crippen LogP contribution is -2.57. The molecule has 4 heterocycles. The second-order valence-corrected chi connectivity index (χ2v) is 11.6. The third-order valence-corrected chi connectivity index (χ3v) is 9.44. The Hall–Kier alpha value is -3.30. The van der Waals surface area contributed by atoms with Crippen molar-refractivity contribution in [1.82, 2.24) is 20.5 Å². The largest absolute Gasteiger partial charge is 0.329 e. The van der Waals surface area contributed by atoms with Gasteiger partial charge >= 0.3 is 0 Å². The van der Waals surface area contributed by atoms with E-state index in [-0.39, 0.29) is 30.3 Å². The monoisotopic (exact) mass is 530 g/mol. The Morgan fingerprint density at radius 2 is 1.92 bits per heavy atom. The van der Waals surface area contributed by atoms with Crippen LogP contribution in [0.1, 0.15) is 55.7 Å². The van der Waals surface area contributed by atoms with Gasteiger partial charge in [-0.3, -0.25) is 14.4 Å². The van der Waals surface area contributed by atoms with Crippen molar-refractivity contribution >= 4 is 29.2 Å². The Balaban J connectivity index is 1.19. The van der Waals surface area contributed by atoms with Crippen molar-refractivity contribution in [2.45, 2.75) is 63.3 Å². The number of nitrogens with one attached hydrogen (secondary N) is 4. The molecule has 1 aliphatic carbocycles. The van der Waals surface area contributed by atoms with Crippen LogP contribution < -0.4 is 21.3 Å². The van der Waals surface area contributed by atoms with Crippen LogP contribution in [-0.4, -0.2) is 66.4 Å². The Bertz CT molecular complexity index is 1280. The van der Waals surface area contributed by atoms with Crippen LogP contribution in [0.3, 0.4) is 0 Å². The molecular weight excluding hydrogens is 492 g/mol. The highest BCUT2D eigenvalue weighted by atomic mass is 16.2. The maximum Gasteiger partial charge on any atom is 0.244 e. The molecule has 0 unspecified atom stereocenters. The molecule has 39 heavy (non-hydrogen) atoms. The van der Waals surface area contributed by atoms with Crippen molar-refractivity contribution in [2.24, 2.45) is 5.41 Å². The minimum absolute atomic E-state index is 0.0176. The van der Waals surface area contributed by atoms with E-state index in [1.807, 2.05) is 35.2 Å². The number of hydrogen-bond donors (Lipinski definition) is 4. The standard InChI is InChI=1S/C30H38N6O3/c1-2-29(9-13-31-14-10-29)28(39)36(23-5-3-11-32-18-23)19-25(37)34-22-8-7-20-16-30(17-21(20)15-22)24-6-4-12-33-26(24)35-27(30)38/h4,6-8,12,15,23,31-32H,2-3,5,9-11,13-14,16-19H2,1H3,(H,34,37)(H,33,35,38)/t23-,30+/m0/s1. The lowest BCUT2D eigenvalue weighted by molar-refractivity contribution is -0.149. The molecule has 4 aliphatic rings. The molecule has 2 fully saturated rings. The van der Waals surface area contributed by atoms with Crippen LogP contribution in [0, 0.1) is 5.41 Å². The van der Waals surface area contributed by atoms with Gasteiger partial charge in [-0.15, -0.1) is 0 Å². The van der Waals surface area contributed by atoms with Gasteiger partial charge in [0.25, 0.3) is 0 Å². The molecule has 6 rings (SSSR count). The van der Waals surface area contributed by atoms with E-state index in [0.29, 0.717) is 24.3 Å². The number of carbonyl (C=O) groups excluding carboxylic acids is 3. The predicted octanol–water partition coefficient (Wildman–Crippen LogP) is 2.37.